The molecule has 1 saturated heterocycles. The maximum absolute atomic E-state index is 14.1. The normalized spacial score (nSPS) is 16.6. The Hall–Kier alpha value is -3.69. The van der Waals surface area contributed by atoms with Crippen molar-refractivity contribution in [2.75, 3.05) is 32.7 Å². The molecule has 16 heteroatoms. The molecule has 1 saturated carbocycles. The number of nitrogens with zero attached hydrogens (tertiary/aromatic N) is 4. The summed E-state index contributed by atoms with van der Waals surface area (Å²) < 4.78 is 36.9. The SMILES string of the molecule is Cc1cc(C)c2cccc(OCc3c(Cl)ccc(S(=O)(=O)NC4(C(=O)N5CCN(C(=O)[C@H](N)CCCCN=C(N)N)CC5)CCCC4)c3Cl)c2n1. The number of hydrogen-bond donors (Lipinski definition) is 4. The van der Waals surface area contributed by atoms with E-state index in [0.29, 0.717) is 81.4 Å². The third-order valence-corrected chi connectivity index (χ3v) is 12.0. The molecule has 0 spiro atoms. The zero-order valence-electron chi connectivity index (χ0n) is 29.0. The number of aliphatic imine (C=N–C) groups is 1. The van der Waals surface area contributed by atoms with Gasteiger partial charge in [0.05, 0.1) is 11.1 Å². The number of piperazine rings is 1. The number of nitrogens with one attached hydrogen (secondary N) is 1. The summed E-state index contributed by atoms with van der Waals surface area (Å²) in [5.41, 5.74) is 18.4. The van der Waals surface area contributed by atoms with Crippen LogP contribution in [0.3, 0.4) is 0 Å². The van der Waals surface area contributed by atoms with E-state index in [1.165, 1.54) is 12.1 Å². The smallest absolute Gasteiger partial charge is 0.243 e. The summed E-state index contributed by atoms with van der Waals surface area (Å²) in [5.74, 6) is 0.0399. The van der Waals surface area contributed by atoms with Crippen molar-refractivity contribution in [2.45, 2.75) is 81.9 Å². The number of aromatic nitrogens is 1. The van der Waals surface area contributed by atoms with Crippen LogP contribution in [0.1, 0.15) is 61.8 Å². The average molecular weight is 762 g/mol. The van der Waals surface area contributed by atoms with E-state index in [0.717, 1.165) is 16.6 Å². The summed E-state index contributed by atoms with van der Waals surface area (Å²) >= 11 is 13.3. The van der Waals surface area contributed by atoms with Crippen molar-refractivity contribution in [1.82, 2.24) is 19.5 Å². The molecule has 1 aromatic heterocycles. The van der Waals surface area contributed by atoms with E-state index in [9.17, 15) is 18.0 Å². The molecular formula is C35H46Cl2N8O5S. The first kappa shape index (κ1) is 38.5. The number of nitrogens with two attached hydrogens (primary N) is 3. The second-order valence-electron chi connectivity index (χ2n) is 13.3. The number of amides is 2. The van der Waals surface area contributed by atoms with Crippen molar-refractivity contribution in [3.8, 4) is 5.75 Å². The number of benzene rings is 2. The number of fused-ring (bicyclic) bond motifs is 1. The standard InChI is InChI=1S/C35H46Cl2N8O5S/c1-22-20-23(2)42-31-24(22)8-7-10-28(31)50-21-25-26(36)11-12-29(30(25)37)51(48,49)43-35(13-4-5-14-35)33(47)45-18-16-44(17-19-45)32(46)27(38)9-3-6-15-41-34(39)40/h7-8,10-12,20,27,43H,3-6,9,13-19,21,38H2,1-2H3,(H4,39,40,41)/t27-/m1/s1. The van der Waals surface area contributed by atoms with Gasteiger partial charge in [-0.25, -0.2) is 13.4 Å². The van der Waals surface area contributed by atoms with E-state index in [1.54, 1.807) is 15.9 Å². The van der Waals surface area contributed by atoms with Gasteiger partial charge in [-0.05, 0) is 75.8 Å². The van der Waals surface area contributed by atoms with Crippen molar-refractivity contribution in [1.29, 1.82) is 0 Å². The molecule has 5 rings (SSSR count). The third-order valence-electron chi connectivity index (χ3n) is 9.56. The first-order valence-corrected chi connectivity index (χ1v) is 19.4. The van der Waals surface area contributed by atoms with Gasteiger partial charge in [-0.2, -0.15) is 4.72 Å². The number of halogens is 2. The second-order valence-corrected chi connectivity index (χ2v) is 15.7. The number of guanidine groups is 1. The summed E-state index contributed by atoms with van der Waals surface area (Å²) in [6.45, 7) is 5.38. The number of aryl methyl sites for hydroxylation is 2. The Balaban J connectivity index is 1.26. The molecule has 0 radical (unpaired) electrons. The second kappa shape index (κ2) is 16.3. The minimum atomic E-state index is -4.30. The van der Waals surface area contributed by atoms with Gasteiger partial charge in [0.15, 0.2) is 5.96 Å². The Labute approximate surface area is 308 Å². The van der Waals surface area contributed by atoms with E-state index in [2.05, 4.69) is 14.7 Å². The summed E-state index contributed by atoms with van der Waals surface area (Å²) in [7, 11) is -4.30. The summed E-state index contributed by atoms with van der Waals surface area (Å²) in [6, 6.07) is 9.73. The molecule has 1 aliphatic heterocycles. The molecule has 1 atom stereocenters. The maximum Gasteiger partial charge on any atom is 0.243 e. The zero-order chi connectivity index (χ0) is 36.9. The maximum atomic E-state index is 14.1. The van der Waals surface area contributed by atoms with Crippen LogP contribution in [0.15, 0.2) is 46.3 Å². The average Bonchev–Trinajstić information content (AvgIpc) is 3.56. The Morgan fingerprint density at radius 2 is 1.73 bits per heavy atom. The molecule has 2 amide bonds. The minimum absolute atomic E-state index is 0.0275. The first-order chi connectivity index (χ1) is 24.2. The minimum Gasteiger partial charge on any atom is -0.487 e. The van der Waals surface area contributed by atoms with Crippen LogP contribution in [-0.4, -0.2) is 85.3 Å². The fourth-order valence-corrected chi connectivity index (χ4v) is 9.17. The quantitative estimate of drug-likeness (QED) is 0.114. The van der Waals surface area contributed by atoms with Crippen molar-refractivity contribution < 1.29 is 22.7 Å². The highest BCUT2D eigenvalue weighted by Gasteiger charge is 2.47. The number of unbranched alkanes of at least 4 members (excludes halogenated alkanes) is 1. The predicted octanol–water partition coefficient (Wildman–Crippen LogP) is 3.77. The molecule has 51 heavy (non-hydrogen) atoms. The van der Waals surface area contributed by atoms with Gasteiger partial charge in [0.1, 0.15) is 28.3 Å². The van der Waals surface area contributed by atoms with E-state index in [1.807, 2.05) is 32.0 Å². The van der Waals surface area contributed by atoms with Crippen LogP contribution in [-0.2, 0) is 26.2 Å². The van der Waals surface area contributed by atoms with E-state index >= 15 is 0 Å². The number of para-hydroxylation sites is 1. The van der Waals surface area contributed by atoms with Gasteiger partial charge in [0.25, 0.3) is 0 Å². The molecule has 2 heterocycles. The molecule has 13 nitrogen and oxygen atoms in total. The highest BCUT2D eigenvalue weighted by Crippen LogP contribution is 2.37. The topological polar surface area (TPSA) is 199 Å². The molecule has 0 bridgehead atoms. The predicted molar refractivity (Wildman–Crippen MR) is 199 cm³/mol. The lowest BCUT2D eigenvalue weighted by Gasteiger charge is -2.40. The van der Waals surface area contributed by atoms with Crippen LogP contribution in [0.4, 0.5) is 0 Å². The lowest BCUT2D eigenvalue weighted by Crippen LogP contribution is -2.62. The van der Waals surface area contributed by atoms with Gasteiger partial charge < -0.3 is 31.7 Å². The number of sulfonamides is 1. The first-order valence-electron chi connectivity index (χ1n) is 17.1. The van der Waals surface area contributed by atoms with Crippen LogP contribution in [0.5, 0.6) is 5.75 Å². The molecule has 0 unspecified atom stereocenters. The monoisotopic (exact) mass is 760 g/mol. The lowest BCUT2D eigenvalue weighted by atomic mass is 9.96. The Kier molecular flexibility index (Phi) is 12.3. The number of ether oxygens (including phenoxy) is 1. The number of pyridine rings is 1. The largest absolute Gasteiger partial charge is 0.487 e. The van der Waals surface area contributed by atoms with Gasteiger partial charge >= 0.3 is 0 Å². The number of rotatable bonds is 13. The number of hydrogen-bond acceptors (Lipinski definition) is 8. The van der Waals surface area contributed by atoms with E-state index in [-0.39, 0.29) is 52.4 Å². The van der Waals surface area contributed by atoms with E-state index in [4.69, 9.17) is 45.1 Å². The van der Waals surface area contributed by atoms with Gasteiger partial charge in [-0.15, -0.1) is 0 Å². The van der Waals surface area contributed by atoms with Crippen molar-refractivity contribution in [2.24, 2.45) is 22.2 Å². The number of carbonyl (C=O) groups excluding carboxylic acids is 2. The molecule has 3 aromatic rings. The van der Waals surface area contributed by atoms with Crippen LogP contribution in [0, 0.1) is 13.8 Å². The molecular weight excluding hydrogens is 715 g/mol. The third kappa shape index (κ3) is 8.86. The van der Waals surface area contributed by atoms with Crippen LogP contribution < -0.4 is 26.7 Å². The van der Waals surface area contributed by atoms with Crippen molar-refractivity contribution in [3.05, 3.63) is 63.3 Å². The highest BCUT2D eigenvalue weighted by atomic mass is 35.5. The molecule has 7 N–H and O–H groups in total. The number of carbonyl (C=O) groups is 2. The Morgan fingerprint density at radius 3 is 2.41 bits per heavy atom. The lowest BCUT2D eigenvalue weighted by molar-refractivity contribution is -0.144. The Morgan fingerprint density at radius 1 is 1.04 bits per heavy atom. The Bertz CT molecular complexity index is 1910. The molecule has 2 fully saturated rings. The van der Waals surface area contributed by atoms with Crippen molar-refractivity contribution in [3.63, 3.8) is 0 Å². The van der Waals surface area contributed by atoms with Crippen LogP contribution in [0.25, 0.3) is 10.9 Å². The van der Waals surface area contributed by atoms with Gasteiger partial charge in [0, 0.05) is 54.4 Å². The van der Waals surface area contributed by atoms with Gasteiger partial charge in [0.2, 0.25) is 21.8 Å². The summed E-state index contributed by atoms with van der Waals surface area (Å²) in [6.07, 6.45) is 3.91. The fourth-order valence-electron chi connectivity index (χ4n) is 6.86. The molecule has 2 aromatic carbocycles. The van der Waals surface area contributed by atoms with Gasteiger partial charge in [-0.1, -0.05) is 48.2 Å². The highest BCUT2D eigenvalue weighted by molar-refractivity contribution is 7.89. The zero-order valence-corrected chi connectivity index (χ0v) is 31.3. The van der Waals surface area contributed by atoms with Crippen LogP contribution in [0.2, 0.25) is 10.0 Å². The summed E-state index contributed by atoms with van der Waals surface area (Å²) in [4.78, 5) is 38.8. The van der Waals surface area contributed by atoms with E-state index < -0.39 is 21.6 Å². The van der Waals surface area contributed by atoms with Gasteiger partial charge in [-0.3, -0.25) is 14.6 Å². The fraction of sp³-hybridized carbons (Fsp3) is 0.486. The van der Waals surface area contributed by atoms with Crippen molar-refractivity contribution >= 4 is 61.9 Å². The molecule has 1 aliphatic carbocycles. The summed E-state index contributed by atoms with van der Waals surface area (Å²) in [5, 5.41) is 1.09. The molecule has 2 aliphatic rings. The van der Waals surface area contributed by atoms with Crippen LogP contribution >= 0.6 is 23.2 Å². The molecule has 276 valence electrons.